The van der Waals surface area contributed by atoms with Gasteiger partial charge in [-0.3, -0.25) is 9.78 Å². The Hall–Kier alpha value is -1.76. The summed E-state index contributed by atoms with van der Waals surface area (Å²) in [5.41, 5.74) is 5.68. The molecule has 0 saturated carbocycles. The molecule has 0 spiro atoms. The number of anilines is 3. The van der Waals surface area contributed by atoms with Gasteiger partial charge in [-0.2, -0.15) is 4.98 Å². The van der Waals surface area contributed by atoms with Gasteiger partial charge in [-0.25, -0.2) is 0 Å². The summed E-state index contributed by atoms with van der Waals surface area (Å²) in [4.78, 5) is 20.2. The Morgan fingerprint density at radius 1 is 1.56 bits per heavy atom. The SMILES string of the molecule is CN(C)CC1CNc2nc(N)[nH]c(=O)c2N1. The number of nitrogens with two attached hydrogens (primary N) is 1. The summed E-state index contributed by atoms with van der Waals surface area (Å²) in [7, 11) is 3.98. The van der Waals surface area contributed by atoms with Gasteiger partial charge >= 0.3 is 0 Å². The molecule has 2 heterocycles. The number of nitrogen functional groups attached to an aromatic ring is 1. The first-order chi connectivity index (χ1) is 7.56. The molecule has 5 N–H and O–H groups in total. The minimum atomic E-state index is -0.238. The first-order valence-electron chi connectivity index (χ1n) is 5.11. The molecule has 7 nitrogen and oxygen atoms in total. The highest BCUT2D eigenvalue weighted by atomic mass is 16.1. The highest BCUT2D eigenvalue weighted by Crippen LogP contribution is 2.19. The molecule has 1 aliphatic heterocycles. The van der Waals surface area contributed by atoms with Crippen LogP contribution in [0.15, 0.2) is 4.79 Å². The van der Waals surface area contributed by atoms with Crippen LogP contribution in [0.25, 0.3) is 0 Å². The largest absolute Gasteiger partial charge is 0.372 e. The molecular formula is C9H16N6O. The zero-order valence-electron chi connectivity index (χ0n) is 9.37. The number of hydrogen-bond acceptors (Lipinski definition) is 6. The average molecular weight is 224 g/mol. The van der Waals surface area contributed by atoms with Crippen molar-refractivity contribution in [2.45, 2.75) is 6.04 Å². The first-order valence-corrected chi connectivity index (χ1v) is 5.11. The summed E-state index contributed by atoms with van der Waals surface area (Å²) in [5.74, 6) is 0.653. The van der Waals surface area contributed by atoms with Crippen molar-refractivity contribution in [2.24, 2.45) is 0 Å². The van der Waals surface area contributed by atoms with Crippen LogP contribution in [0.5, 0.6) is 0 Å². The van der Waals surface area contributed by atoms with Crippen LogP contribution < -0.4 is 21.9 Å². The average Bonchev–Trinajstić information content (AvgIpc) is 2.18. The standard InChI is InChI=1S/C9H16N6O/c1-15(2)4-5-3-11-7-6(12-5)8(16)14-9(10)13-7/h5,12H,3-4H2,1-2H3,(H4,10,11,13,14,16). The van der Waals surface area contributed by atoms with E-state index in [-0.39, 0.29) is 17.5 Å². The van der Waals surface area contributed by atoms with Crippen molar-refractivity contribution in [3.8, 4) is 0 Å². The predicted octanol–water partition coefficient (Wildman–Crippen LogP) is -0.880. The van der Waals surface area contributed by atoms with Crippen molar-refractivity contribution in [3.63, 3.8) is 0 Å². The fourth-order valence-electron chi connectivity index (χ4n) is 1.78. The van der Waals surface area contributed by atoms with E-state index in [2.05, 4.69) is 25.5 Å². The molecule has 1 aromatic rings. The highest BCUT2D eigenvalue weighted by molar-refractivity contribution is 5.67. The second kappa shape index (κ2) is 4.01. The van der Waals surface area contributed by atoms with E-state index in [1.807, 2.05) is 14.1 Å². The maximum atomic E-state index is 11.6. The van der Waals surface area contributed by atoms with Gasteiger partial charge in [-0.1, -0.05) is 0 Å². The van der Waals surface area contributed by atoms with Crippen LogP contribution in [0.2, 0.25) is 0 Å². The number of aromatic amines is 1. The second-order valence-corrected chi connectivity index (χ2v) is 4.16. The molecule has 0 bridgehead atoms. The lowest BCUT2D eigenvalue weighted by molar-refractivity contribution is 0.386. The van der Waals surface area contributed by atoms with Gasteiger partial charge in [0.2, 0.25) is 5.95 Å². The number of aromatic nitrogens is 2. The molecule has 0 saturated heterocycles. The molecule has 1 aliphatic rings. The summed E-state index contributed by atoms with van der Waals surface area (Å²) in [6, 6.07) is 0.189. The van der Waals surface area contributed by atoms with Gasteiger partial charge < -0.3 is 21.3 Å². The number of H-pyrrole nitrogens is 1. The zero-order valence-corrected chi connectivity index (χ0v) is 9.37. The predicted molar refractivity (Wildman–Crippen MR) is 63.7 cm³/mol. The summed E-state index contributed by atoms with van der Waals surface area (Å²) < 4.78 is 0. The van der Waals surface area contributed by atoms with Crippen LogP contribution in [-0.2, 0) is 0 Å². The van der Waals surface area contributed by atoms with E-state index < -0.39 is 0 Å². The number of hydrogen-bond donors (Lipinski definition) is 4. The molecule has 0 fully saturated rings. The smallest absolute Gasteiger partial charge is 0.277 e. The Morgan fingerprint density at radius 2 is 2.31 bits per heavy atom. The molecule has 0 amide bonds. The number of rotatable bonds is 2. The summed E-state index contributed by atoms with van der Waals surface area (Å²) in [6.45, 7) is 1.57. The Morgan fingerprint density at radius 3 is 3.00 bits per heavy atom. The quantitative estimate of drug-likeness (QED) is 0.520. The molecule has 1 unspecified atom stereocenters. The molecule has 0 aliphatic carbocycles. The first kappa shape index (κ1) is 10.7. The third-order valence-electron chi connectivity index (χ3n) is 2.39. The number of nitrogens with zero attached hydrogens (tertiary/aromatic N) is 2. The van der Waals surface area contributed by atoms with E-state index in [0.29, 0.717) is 11.5 Å². The van der Waals surface area contributed by atoms with Crippen molar-refractivity contribution in [3.05, 3.63) is 10.4 Å². The van der Waals surface area contributed by atoms with Crippen LogP contribution in [0.1, 0.15) is 0 Å². The summed E-state index contributed by atoms with van der Waals surface area (Å²) in [5, 5.41) is 6.26. The maximum Gasteiger partial charge on any atom is 0.277 e. The van der Waals surface area contributed by atoms with Crippen LogP contribution in [0.3, 0.4) is 0 Å². The van der Waals surface area contributed by atoms with Gasteiger partial charge in [0.05, 0.1) is 6.04 Å². The van der Waals surface area contributed by atoms with Gasteiger partial charge in [-0.15, -0.1) is 0 Å². The Kier molecular flexibility index (Phi) is 2.69. The minimum absolute atomic E-state index is 0.129. The second-order valence-electron chi connectivity index (χ2n) is 4.16. The Labute approximate surface area is 93.1 Å². The highest BCUT2D eigenvalue weighted by Gasteiger charge is 2.21. The third-order valence-corrected chi connectivity index (χ3v) is 2.39. The molecule has 0 aromatic carbocycles. The number of likely N-dealkylation sites (N-methyl/N-ethyl adjacent to an activating group) is 1. The van der Waals surface area contributed by atoms with Crippen molar-refractivity contribution >= 4 is 17.5 Å². The van der Waals surface area contributed by atoms with Crippen molar-refractivity contribution in [1.82, 2.24) is 14.9 Å². The van der Waals surface area contributed by atoms with E-state index in [4.69, 9.17) is 5.73 Å². The molecule has 7 heteroatoms. The molecule has 2 rings (SSSR count). The number of fused-ring (bicyclic) bond motifs is 1. The molecule has 0 radical (unpaired) electrons. The lowest BCUT2D eigenvalue weighted by atomic mass is 10.2. The monoisotopic (exact) mass is 224 g/mol. The van der Waals surface area contributed by atoms with E-state index in [1.54, 1.807) is 0 Å². The van der Waals surface area contributed by atoms with Crippen LogP contribution in [0, 0.1) is 0 Å². The fourth-order valence-corrected chi connectivity index (χ4v) is 1.78. The summed E-state index contributed by atoms with van der Waals surface area (Å²) >= 11 is 0. The zero-order chi connectivity index (χ0) is 11.7. The van der Waals surface area contributed by atoms with Crippen molar-refractivity contribution in [1.29, 1.82) is 0 Å². The lowest BCUT2D eigenvalue weighted by Gasteiger charge is -2.28. The molecular weight excluding hydrogens is 208 g/mol. The minimum Gasteiger partial charge on any atom is -0.372 e. The molecule has 1 atom stereocenters. The third kappa shape index (κ3) is 2.08. The summed E-state index contributed by atoms with van der Waals surface area (Å²) in [6.07, 6.45) is 0. The van der Waals surface area contributed by atoms with Gasteiger partial charge in [-0.05, 0) is 14.1 Å². The van der Waals surface area contributed by atoms with E-state index in [1.165, 1.54) is 0 Å². The van der Waals surface area contributed by atoms with E-state index >= 15 is 0 Å². The fraction of sp³-hybridized carbons (Fsp3) is 0.556. The van der Waals surface area contributed by atoms with E-state index in [0.717, 1.165) is 13.1 Å². The lowest BCUT2D eigenvalue weighted by Crippen LogP contribution is -2.43. The van der Waals surface area contributed by atoms with Gasteiger partial charge in [0.15, 0.2) is 5.82 Å². The van der Waals surface area contributed by atoms with Gasteiger partial charge in [0, 0.05) is 13.1 Å². The van der Waals surface area contributed by atoms with Crippen LogP contribution in [-0.4, -0.2) is 48.1 Å². The van der Waals surface area contributed by atoms with Crippen molar-refractivity contribution in [2.75, 3.05) is 43.6 Å². The molecule has 1 aromatic heterocycles. The van der Waals surface area contributed by atoms with Gasteiger partial charge in [0.1, 0.15) is 5.69 Å². The number of nitrogens with one attached hydrogen (secondary N) is 3. The maximum absolute atomic E-state index is 11.6. The normalized spacial score (nSPS) is 18.8. The molecule has 88 valence electrons. The van der Waals surface area contributed by atoms with Crippen LogP contribution in [0.4, 0.5) is 17.5 Å². The Balaban J connectivity index is 2.23. The molecule has 16 heavy (non-hydrogen) atoms. The van der Waals surface area contributed by atoms with Crippen molar-refractivity contribution < 1.29 is 0 Å². The van der Waals surface area contributed by atoms with E-state index in [9.17, 15) is 4.79 Å². The van der Waals surface area contributed by atoms with Gasteiger partial charge in [0.25, 0.3) is 5.56 Å². The van der Waals surface area contributed by atoms with Crippen LogP contribution >= 0.6 is 0 Å². The topological polar surface area (TPSA) is 99.1 Å². The Bertz CT molecular complexity index is 440.